The summed E-state index contributed by atoms with van der Waals surface area (Å²) in [6.45, 7) is 0.641. The molecule has 122 valence electrons. The lowest BCUT2D eigenvalue weighted by molar-refractivity contribution is -0.120. The van der Waals surface area contributed by atoms with Gasteiger partial charge in [-0.2, -0.15) is 0 Å². The Hall–Kier alpha value is -1.65. The van der Waals surface area contributed by atoms with Gasteiger partial charge in [-0.05, 0) is 36.2 Å². The minimum Gasteiger partial charge on any atom is -0.497 e. The van der Waals surface area contributed by atoms with Crippen molar-refractivity contribution in [2.75, 3.05) is 19.4 Å². The molecule has 0 saturated heterocycles. The van der Waals surface area contributed by atoms with Crippen LogP contribution >= 0.6 is 23.4 Å². The number of carbonyl (C=O) groups is 1. The van der Waals surface area contributed by atoms with Gasteiger partial charge in [0.25, 0.3) is 0 Å². The van der Waals surface area contributed by atoms with Crippen LogP contribution in [0, 0.1) is 0 Å². The Bertz CT molecular complexity index is 631. The Morgan fingerprint density at radius 3 is 2.61 bits per heavy atom. The van der Waals surface area contributed by atoms with Crippen LogP contribution < -0.4 is 10.1 Å². The van der Waals surface area contributed by atoms with E-state index in [0.29, 0.717) is 13.0 Å². The van der Waals surface area contributed by atoms with Crippen LogP contribution in [0.5, 0.6) is 5.75 Å². The van der Waals surface area contributed by atoms with E-state index in [1.165, 1.54) is 5.56 Å². The second-order valence-corrected chi connectivity index (χ2v) is 6.52. The summed E-state index contributed by atoms with van der Waals surface area (Å²) < 4.78 is 5.12. The number of rotatable bonds is 8. The molecule has 0 aliphatic carbocycles. The molecule has 2 rings (SSSR count). The highest BCUT2D eigenvalue weighted by Gasteiger charge is 2.04. The molecule has 1 amide bonds. The van der Waals surface area contributed by atoms with E-state index >= 15 is 0 Å². The van der Waals surface area contributed by atoms with E-state index in [2.05, 4.69) is 5.32 Å². The number of thioether (sulfide) groups is 1. The molecule has 3 nitrogen and oxygen atoms in total. The second-order valence-electron chi connectivity index (χ2n) is 4.98. The second kappa shape index (κ2) is 9.48. The van der Waals surface area contributed by atoms with E-state index < -0.39 is 0 Å². The molecular weight excluding hydrogens is 330 g/mol. The van der Waals surface area contributed by atoms with Crippen molar-refractivity contribution in [3.8, 4) is 5.75 Å². The largest absolute Gasteiger partial charge is 0.497 e. The van der Waals surface area contributed by atoms with Crippen molar-refractivity contribution in [3.05, 3.63) is 59.1 Å². The highest BCUT2D eigenvalue weighted by atomic mass is 35.5. The standard InChI is InChI=1S/C18H20ClNO2S/c1-22-15-8-6-14(7-9-15)10-12-20-18(21)11-13-23-17-5-3-2-4-16(17)19/h2-9H,10-13H2,1H3,(H,20,21). The first kappa shape index (κ1) is 17.7. The molecule has 2 aromatic rings. The molecule has 0 unspecified atom stereocenters. The van der Waals surface area contributed by atoms with Crippen LogP contribution in [0.2, 0.25) is 5.02 Å². The molecule has 0 fully saturated rings. The third kappa shape index (κ3) is 6.16. The van der Waals surface area contributed by atoms with Crippen LogP contribution in [-0.4, -0.2) is 25.3 Å². The zero-order valence-electron chi connectivity index (χ0n) is 13.0. The maximum absolute atomic E-state index is 11.8. The zero-order chi connectivity index (χ0) is 16.5. The molecule has 0 aromatic heterocycles. The molecule has 0 radical (unpaired) electrons. The van der Waals surface area contributed by atoms with Gasteiger partial charge < -0.3 is 10.1 Å². The van der Waals surface area contributed by atoms with Crippen LogP contribution in [0.4, 0.5) is 0 Å². The number of carbonyl (C=O) groups excluding carboxylic acids is 1. The molecule has 0 heterocycles. The van der Waals surface area contributed by atoms with Crippen LogP contribution in [0.3, 0.4) is 0 Å². The van der Waals surface area contributed by atoms with E-state index in [9.17, 15) is 4.79 Å². The van der Waals surface area contributed by atoms with E-state index in [0.717, 1.165) is 27.8 Å². The summed E-state index contributed by atoms with van der Waals surface area (Å²) in [4.78, 5) is 12.8. The maximum Gasteiger partial charge on any atom is 0.220 e. The van der Waals surface area contributed by atoms with Crippen molar-refractivity contribution in [2.45, 2.75) is 17.7 Å². The normalized spacial score (nSPS) is 10.3. The number of nitrogens with one attached hydrogen (secondary N) is 1. The van der Waals surface area contributed by atoms with Crippen LogP contribution in [0.1, 0.15) is 12.0 Å². The Kier molecular flexibility index (Phi) is 7.30. The minimum absolute atomic E-state index is 0.0677. The summed E-state index contributed by atoms with van der Waals surface area (Å²) >= 11 is 7.68. The minimum atomic E-state index is 0.0677. The lowest BCUT2D eigenvalue weighted by Crippen LogP contribution is -2.25. The third-order valence-electron chi connectivity index (χ3n) is 3.32. The molecule has 0 aliphatic rings. The molecule has 0 bridgehead atoms. The maximum atomic E-state index is 11.8. The molecule has 0 spiro atoms. The van der Waals surface area contributed by atoms with Gasteiger partial charge in [0.15, 0.2) is 0 Å². The number of halogens is 1. The van der Waals surface area contributed by atoms with Crippen molar-refractivity contribution in [1.29, 1.82) is 0 Å². The summed E-state index contributed by atoms with van der Waals surface area (Å²) in [6, 6.07) is 15.6. The van der Waals surface area contributed by atoms with Crippen LogP contribution in [-0.2, 0) is 11.2 Å². The average molecular weight is 350 g/mol. The Balaban J connectivity index is 1.64. The molecule has 2 aromatic carbocycles. The molecule has 1 N–H and O–H groups in total. The van der Waals surface area contributed by atoms with Gasteiger partial charge in [-0.15, -0.1) is 11.8 Å². The molecule has 0 saturated carbocycles. The first-order valence-electron chi connectivity index (χ1n) is 7.46. The van der Waals surface area contributed by atoms with Crippen molar-refractivity contribution in [1.82, 2.24) is 5.32 Å². The van der Waals surface area contributed by atoms with Crippen molar-refractivity contribution < 1.29 is 9.53 Å². The number of ether oxygens (including phenoxy) is 1. The van der Waals surface area contributed by atoms with Gasteiger partial charge in [0, 0.05) is 23.6 Å². The van der Waals surface area contributed by atoms with E-state index in [4.69, 9.17) is 16.3 Å². The van der Waals surface area contributed by atoms with Gasteiger partial charge in [0.2, 0.25) is 5.91 Å². The van der Waals surface area contributed by atoms with Gasteiger partial charge in [0.1, 0.15) is 5.75 Å². The van der Waals surface area contributed by atoms with Gasteiger partial charge in [-0.25, -0.2) is 0 Å². The molecule has 0 aliphatic heterocycles. The fourth-order valence-electron chi connectivity index (χ4n) is 2.04. The molecule has 0 atom stereocenters. The lowest BCUT2D eigenvalue weighted by atomic mass is 10.1. The lowest BCUT2D eigenvalue weighted by Gasteiger charge is -2.07. The van der Waals surface area contributed by atoms with E-state index in [-0.39, 0.29) is 5.91 Å². The van der Waals surface area contributed by atoms with Crippen LogP contribution in [0.25, 0.3) is 0 Å². The highest BCUT2D eigenvalue weighted by Crippen LogP contribution is 2.26. The summed E-state index contributed by atoms with van der Waals surface area (Å²) in [7, 11) is 1.65. The quantitative estimate of drug-likeness (QED) is 0.726. The fraction of sp³-hybridized carbons (Fsp3) is 0.278. The number of methoxy groups -OCH3 is 1. The summed E-state index contributed by atoms with van der Waals surface area (Å²) in [5.74, 6) is 1.63. The molecule has 23 heavy (non-hydrogen) atoms. The van der Waals surface area contributed by atoms with Gasteiger partial charge in [-0.3, -0.25) is 4.79 Å². The first-order chi connectivity index (χ1) is 11.2. The number of amides is 1. The van der Waals surface area contributed by atoms with Gasteiger partial charge in [0.05, 0.1) is 12.1 Å². The zero-order valence-corrected chi connectivity index (χ0v) is 14.6. The Labute approximate surface area is 146 Å². The number of hydrogen-bond acceptors (Lipinski definition) is 3. The smallest absolute Gasteiger partial charge is 0.220 e. The van der Waals surface area contributed by atoms with Crippen LogP contribution in [0.15, 0.2) is 53.4 Å². The average Bonchev–Trinajstić information content (AvgIpc) is 2.57. The number of benzene rings is 2. The monoisotopic (exact) mass is 349 g/mol. The Morgan fingerprint density at radius 1 is 1.17 bits per heavy atom. The summed E-state index contributed by atoms with van der Waals surface area (Å²) in [5.41, 5.74) is 1.18. The third-order valence-corrected chi connectivity index (χ3v) is 4.84. The van der Waals surface area contributed by atoms with Crippen molar-refractivity contribution in [2.24, 2.45) is 0 Å². The van der Waals surface area contributed by atoms with Gasteiger partial charge >= 0.3 is 0 Å². The Morgan fingerprint density at radius 2 is 1.91 bits per heavy atom. The fourth-order valence-corrected chi connectivity index (χ4v) is 3.23. The number of hydrogen-bond donors (Lipinski definition) is 1. The predicted octanol–water partition coefficient (Wildman–Crippen LogP) is 4.19. The first-order valence-corrected chi connectivity index (χ1v) is 8.82. The highest BCUT2D eigenvalue weighted by molar-refractivity contribution is 7.99. The molecule has 5 heteroatoms. The van der Waals surface area contributed by atoms with E-state index in [1.807, 2.05) is 48.5 Å². The topological polar surface area (TPSA) is 38.3 Å². The summed E-state index contributed by atoms with van der Waals surface area (Å²) in [6.07, 6.45) is 1.30. The van der Waals surface area contributed by atoms with Gasteiger partial charge in [-0.1, -0.05) is 35.9 Å². The van der Waals surface area contributed by atoms with E-state index in [1.54, 1.807) is 18.9 Å². The van der Waals surface area contributed by atoms with Crippen molar-refractivity contribution >= 4 is 29.3 Å². The SMILES string of the molecule is COc1ccc(CCNC(=O)CCSc2ccccc2Cl)cc1. The molecular formula is C18H20ClNO2S. The summed E-state index contributed by atoms with van der Waals surface area (Å²) in [5, 5.41) is 3.68. The van der Waals surface area contributed by atoms with Crippen molar-refractivity contribution in [3.63, 3.8) is 0 Å². The predicted molar refractivity (Wildman–Crippen MR) is 96.5 cm³/mol.